The second-order valence-corrected chi connectivity index (χ2v) is 7.84. The van der Waals surface area contributed by atoms with Gasteiger partial charge in [0.1, 0.15) is 6.04 Å². The van der Waals surface area contributed by atoms with E-state index >= 15 is 0 Å². The van der Waals surface area contributed by atoms with Gasteiger partial charge in [0, 0.05) is 20.0 Å². The van der Waals surface area contributed by atoms with Gasteiger partial charge in [0.15, 0.2) is 11.9 Å². The molecule has 7 heteroatoms. The van der Waals surface area contributed by atoms with Crippen LogP contribution >= 0.6 is 0 Å². The Kier molecular flexibility index (Phi) is 5.98. The Morgan fingerprint density at radius 3 is 2.29 bits per heavy atom. The number of carbonyl (C=O) groups excluding carboxylic acids is 2. The fourth-order valence-corrected chi connectivity index (χ4v) is 4.52. The maximum absolute atomic E-state index is 13.2. The Morgan fingerprint density at radius 2 is 1.71 bits per heavy atom. The minimum absolute atomic E-state index is 0.288. The number of benzene rings is 2. The van der Waals surface area contributed by atoms with Gasteiger partial charge >= 0.3 is 12.1 Å². The van der Waals surface area contributed by atoms with Crippen LogP contribution in [-0.4, -0.2) is 41.7 Å². The van der Waals surface area contributed by atoms with Crippen LogP contribution in [0.3, 0.4) is 0 Å². The normalized spacial score (nSPS) is 30.3. The number of esters is 1. The molecule has 2 aromatic carbocycles. The van der Waals surface area contributed by atoms with Crippen molar-refractivity contribution in [1.29, 1.82) is 0 Å². The average molecular weight is 425 g/mol. The van der Waals surface area contributed by atoms with Gasteiger partial charge in [-0.25, -0.2) is 4.79 Å². The van der Waals surface area contributed by atoms with Crippen LogP contribution in [0.1, 0.15) is 50.5 Å². The highest BCUT2D eigenvalue weighted by Crippen LogP contribution is 2.49. The third kappa shape index (κ3) is 4.16. The average Bonchev–Trinajstić information content (AvgIpc) is 3.25. The molecule has 0 saturated carbocycles. The summed E-state index contributed by atoms with van der Waals surface area (Å²) in [6, 6.07) is 18.5. The Bertz CT molecular complexity index is 920. The first-order valence-electron chi connectivity index (χ1n) is 10.5. The smallest absolute Gasteiger partial charge is 0.411 e. The molecule has 0 bridgehead atoms. The largest absolute Gasteiger partial charge is 0.439 e. The van der Waals surface area contributed by atoms with Crippen molar-refractivity contribution in [1.82, 2.24) is 4.90 Å². The van der Waals surface area contributed by atoms with Crippen molar-refractivity contribution in [3.8, 4) is 0 Å². The van der Waals surface area contributed by atoms with Crippen molar-refractivity contribution < 1.29 is 28.5 Å². The van der Waals surface area contributed by atoms with E-state index in [1.165, 1.54) is 6.92 Å². The van der Waals surface area contributed by atoms with Gasteiger partial charge in [-0.3, -0.25) is 9.69 Å². The molecule has 31 heavy (non-hydrogen) atoms. The first-order valence-corrected chi connectivity index (χ1v) is 10.5. The van der Waals surface area contributed by atoms with E-state index in [4.69, 9.17) is 18.9 Å². The van der Waals surface area contributed by atoms with E-state index in [1.54, 1.807) is 11.8 Å². The number of cyclic esters (lactones) is 1. The molecule has 2 aliphatic rings. The van der Waals surface area contributed by atoms with Crippen LogP contribution in [0, 0.1) is 0 Å². The summed E-state index contributed by atoms with van der Waals surface area (Å²) in [6.07, 6.45) is -1.46. The molecule has 2 aromatic rings. The third-order valence-electron chi connectivity index (χ3n) is 5.74. The van der Waals surface area contributed by atoms with E-state index in [0.29, 0.717) is 6.61 Å². The zero-order chi connectivity index (χ0) is 22.0. The van der Waals surface area contributed by atoms with Crippen molar-refractivity contribution >= 4 is 12.1 Å². The number of rotatable bonds is 6. The van der Waals surface area contributed by atoms with E-state index in [-0.39, 0.29) is 12.5 Å². The fourth-order valence-electron chi connectivity index (χ4n) is 4.52. The minimum Gasteiger partial charge on any atom is -0.439 e. The van der Waals surface area contributed by atoms with E-state index in [0.717, 1.165) is 11.1 Å². The summed E-state index contributed by atoms with van der Waals surface area (Å²) in [7, 11) is 0. The maximum atomic E-state index is 13.2. The van der Waals surface area contributed by atoms with Gasteiger partial charge < -0.3 is 18.9 Å². The summed E-state index contributed by atoms with van der Waals surface area (Å²) in [5.74, 6) is -1.60. The topological polar surface area (TPSA) is 74.3 Å². The summed E-state index contributed by atoms with van der Waals surface area (Å²) in [4.78, 5) is 26.5. The lowest BCUT2D eigenvalue weighted by molar-refractivity contribution is -0.266. The SMILES string of the molecule is CCO[C@@]1(C)O[C@@H](OC(C)=O)C[C@@H]1N1C(=O)O[C@H](c2ccccc2)[C@@H]1c1ccccc1. The zero-order valence-electron chi connectivity index (χ0n) is 17.9. The lowest BCUT2D eigenvalue weighted by Gasteiger charge is -2.37. The summed E-state index contributed by atoms with van der Waals surface area (Å²) in [5.41, 5.74) is 1.85. The molecule has 2 fully saturated rings. The van der Waals surface area contributed by atoms with Gasteiger partial charge in [-0.2, -0.15) is 0 Å². The molecular weight excluding hydrogens is 398 g/mol. The summed E-state index contributed by atoms with van der Waals surface area (Å²) >= 11 is 0. The molecule has 164 valence electrons. The van der Waals surface area contributed by atoms with Crippen molar-refractivity contribution in [2.75, 3.05) is 6.61 Å². The first-order chi connectivity index (χ1) is 14.9. The Labute approximate surface area is 181 Å². The number of hydrogen-bond acceptors (Lipinski definition) is 6. The molecule has 0 radical (unpaired) electrons. The van der Waals surface area contributed by atoms with Crippen LogP contribution in [0.5, 0.6) is 0 Å². The molecule has 0 unspecified atom stereocenters. The van der Waals surface area contributed by atoms with E-state index in [2.05, 4.69) is 0 Å². The van der Waals surface area contributed by atoms with Gasteiger partial charge in [0.2, 0.25) is 6.29 Å². The maximum Gasteiger partial charge on any atom is 0.411 e. The highest BCUT2D eigenvalue weighted by Gasteiger charge is 2.57. The first kappa shape index (κ1) is 21.3. The molecule has 0 aromatic heterocycles. The van der Waals surface area contributed by atoms with Crippen LogP contribution in [-0.2, 0) is 23.7 Å². The fraction of sp³-hybridized carbons (Fsp3) is 0.417. The number of ether oxygens (including phenoxy) is 4. The van der Waals surface area contributed by atoms with Crippen LogP contribution in [0.15, 0.2) is 60.7 Å². The molecule has 5 atom stereocenters. The molecule has 0 spiro atoms. The van der Waals surface area contributed by atoms with Crippen molar-refractivity contribution in [2.24, 2.45) is 0 Å². The van der Waals surface area contributed by atoms with Gasteiger partial charge in [-0.05, 0) is 25.0 Å². The number of carbonyl (C=O) groups is 2. The molecule has 2 saturated heterocycles. The van der Waals surface area contributed by atoms with Crippen LogP contribution < -0.4 is 0 Å². The lowest BCUT2D eigenvalue weighted by atomic mass is 9.93. The van der Waals surface area contributed by atoms with Gasteiger partial charge in [0.25, 0.3) is 0 Å². The lowest BCUT2D eigenvalue weighted by Crippen LogP contribution is -2.51. The molecule has 0 N–H and O–H groups in total. The Balaban J connectivity index is 1.75. The summed E-state index contributed by atoms with van der Waals surface area (Å²) in [6.45, 7) is 5.34. The number of amides is 1. The second-order valence-electron chi connectivity index (χ2n) is 7.84. The van der Waals surface area contributed by atoms with Crippen molar-refractivity contribution in [3.63, 3.8) is 0 Å². The number of hydrogen-bond donors (Lipinski definition) is 0. The molecule has 2 aliphatic heterocycles. The summed E-state index contributed by atoms with van der Waals surface area (Å²) < 4.78 is 23.1. The Morgan fingerprint density at radius 1 is 1.10 bits per heavy atom. The second kappa shape index (κ2) is 8.69. The molecule has 1 amide bonds. The quantitative estimate of drug-likeness (QED) is 0.641. The molecule has 7 nitrogen and oxygen atoms in total. The summed E-state index contributed by atoms with van der Waals surface area (Å²) in [5, 5.41) is 0. The molecular formula is C24H27NO6. The van der Waals surface area contributed by atoms with Crippen LogP contribution in [0.2, 0.25) is 0 Å². The van der Waals surface area contributed by atoms with E-state index in [9.17, 15) is 9.59 Å². The standard InChI is InChI=1S/C24H27NO6/c1-4-28-24(3)19(15-20(31-24)29-16(2)26)25-21(17-11-7-5-8-12-17)22(30-23(25)27)18-13-9-6-10-14-18/h5-14,19-22H,4,15H2,1-3H3/t19-,20+,21-,22+,24-/m0/s1. The molecule has 4 rings (SSSR count). The third-order valence-corrected chi connectivity index (χ3v) is 5.74. The monoisotopic (exact) mass is 425 g/mol. The predicted molar refractivity (Wildman–Crippen MR) is 112 cm³/mol. The van der Waals surface area contributed by atoms with E-state index in [1.807, 2.05) is 67.6 Å². The van der Waals surface area contributed by atoms with Crippen LogP contribution in [0.4, 0.5) is 4.79 Å². The molecule has 0 aliphatic carbocycles. The van der Waals surface area contributed by atoms with Gasteiger partial charge in [-0.1, -0.05) is 60.7 Å². The van der Waals surface area contributed by atoms with Crippen molar-refractivity contribution in [3.05, 3.63) is 71.8 Å². The Hall–Kier alpha value is -2.90. The zero-order valence-corrected chi connectivity index (χ0v) is 17.9. The van der Waals surface area contributed by atoms with E-state index < -0.39 is 36.3 Å². The minimum atomic E-state index is -1.15. The highest BCUT2D eigenvalue weighted by atomic mass is 16.8. The van der Waals surface area contributed by atoms with Gasteiger partial charge in [0.05, 0.1) is 6.04 Å². The highest BCUT2D eigenvalue weighted by molar-refractivity contribution is 5.72. The predicted octanol–water partition coefficient (Wildman–Crippen LogP) is 4.35. The van der Waals surface area contributed by atoms with Crippen molar-refractivity contribution in [2.45, 2.75) is 57.5 Å². The number of nitrogens with zero attached hydrogens (tertiary/aromatic N) is 1. The molecule has 2 heterocycles. The van der Waals surface area contributed by atoms with Crippen LogP contribution in [0.25, 0.3) is 0 Å². The van der Waals surface area contributed by atoms with Gasteiger partial charge in [-0.15, -0.1) is 0 Å².